The Hall–Kier alpha value is -6.46. The summed E-state index contributed by atoms with van der Waals surface area (Å²) >= 11 is 0. The van der Waals surface area contributed by atoms with Crippen molar-refractivity contribution in [2.75, 3.05) is 16.5 Å². The summed E-state index contributed by atoms with van der Waals surface area (Å²) in [5.41, 5.74) is 4.60. The van der Waals surface area contributed by atoms with Crippen molar-refractivity contribution >= 4 is 39.0 Å². The summed E-state index contributed by atoms with van der Waals surface area (Å²) in [4.78, 5) is 32.5. The van der Waals surface area contributed by atoms with Gasteiger partial charge in [-0.15, -0.1) is 0 Å². The molecule has 6 rings (SSSR count). The second kappa shape index (κ2) is 13.5. The molecule has 0 fully saturated rings. The second-order valence-electron chi connectivity index (χ2n) is 10.7. The molecule has 2 amide bonds. The van der Waals surface area contributed by atoms with E-state index < -0.39 is 9.84 Å². The molecule has 0 radical (unpaired) electrons. The Bertz CT molecular complexity index is 2230. The summed E-state index contributed by atoms with van der Waals surface area (Å²) in [5.74, 6) is 0.588. The number of hydrogen-bond donors (Lipinski definition) is 2. The number of carbonyl (C=O) groups excluding carboxylic acids is 1. The van der Waals surface area contributed by atoms with E-state index in [4.69, 9.17) is 0 Å². The van der Waals surface area contributed by atoms with Crippen LogP contribution < -0.4 is 15.5 Å². The molecule has 2 aromatic carbocycles. The third-order valence-electron chi connectivity index (χ3n) is 7.21. The normalized spacial score (nSPS) is 11.0. The molecule has 14 heteroatoms. The van der Waals surface area contributed by atoms with Crippen molar-refractivity contribution < 1.29 is 13.2 Å². The molecule has 13 nitrogen and oxygen atoms in total. The van der Waals surface area contributed by atoms with Crippen LogP contribution in [-0.4, -0.2) is 50.4 Å². The van der Waals surface area contributed by atoms with Gasteiger partial charge in [0.25, 0.3) is 0 Å². The van der Waals surface area contributed by atoms with Crippen molar-refractivity contribution in [3.05, 3.63) is 121 Å². The van der Waals surface area contributed by atoms with Crippen molar-refractivity contribution in [1.29, 1.82) is 5.26 Å². The van der Waals surface area contributed by atoms with Crippen LogP contribution in [0, 0.1) is 11.3 Å². The summed E-state index contributed by atoms with van der Waals surface area (Å²) in [6.45, 7) is 0.324. The lowest BCUT2D eigenvalue weighted by Gasteiger charge is -2.23. The molecule has 6 aromatic rings. The number of benzene rings is 2. The number of urea groups is 1. The highest BCUT2D eigenvalue weighted by Crippen LogP contribution is 2.29. The third kappa shape index (κ3) is 7.16. The smallest absolute Gasteiger partial charge is 0.327 e. The van der Waals surface area contributed by atoms with Crippen molar-refractivity contribution in [2.24, 2.45) is 7.05 Å². The third-order valence-corrected chi connectivity index (χ3v) is 8.29. The molecule has 238 valence electrons. The minimum absolute atomic E-state index is 0.00571. The van der Waals surface area contributed by atoms with Gasteiger partial charge < -0.3 is 10.6 Å². The van der Waals surface area contributed by atoms with E-state index in [-0.39, 0.29) is 28.1 Å². The van der Waals surface area contributed by atoms with Gasteiger partial charge in [-0.3, -0.25) is 9.67 Å². The van der Waals surface area contributed by atoms with Crippen LogP contribution in [0.15, 0.2) is 115 Å². The predicted molar refractivity (Wildman–Crippen MR) is 180 cm³/mol. The molecule has 0 saturated carbocycles. The van der Waals surface area contributed by atoms with Crippen molar-refractivity contribution in [2.45, 2.75) is 11.4 Å². The molecule has 0 atom stereocenters. The number of carbonyl (C=O) groups is 1. The van der Waals surface area contributed by atoms with Crippen LogP contribution in [0.4, 0.5) is 27.9 Å². The molecule has 2 N–H and O–H groups in total. The zero-order valence-electron chi connectivity index (χ0n) is 25.8. The number of nitrogens with one attached hydrogen (secondary N) is 2. The molecule has 0 bridgehead atoms. The van der Waals surface area contributed by atoms with E-state index >= 15 is 0 Å². The minimum atomic E-state index is -3.53. The van der Waals surface area contributed by atoms with E-state index in [9.17, 15) is 18.5 Å². The molecule has 0 saturated heterocycles. The Morgan fingerprint density at radius 2 is 1.71 bits per heavy atom. The number of sulfone groups is 1. The Morgan fingerprint density at radius 1 is 0.917 bits per heavy atom. The second-order valence-corrected chi connectivity index (χ2v) is 12.7. The molecular weight excluding hydrogens is 629 g/mol. The van der Waals surface area contributed by atoms with Crippen LogP contribution in [0.5, 0.6) is 0 Å². The van der Waals surface area contributed by atoms with Gasteiger partial charge in [0.1, 0.15) is 11.9 Å². The number of anilines is 4. The minimum Gasteiger partial charge on any atom is -0.333 e. The monoisotopic (exact) mass is 656 g/mol. The number of hydrogen-bond acceptors (Lipinski definition) is 10. The first kappa shape index (κ1) is 31.5. The lowest BCUT2D eigenvalue weighted by atomic mass is 10.1. The number of rotatable bonds is 9. The van der Waals surface area contributed by atoms with Gasteiger partial charge in [0, 0.05) is 67.0 Å². The fraction of sp³-hybridized carbons (Fsp3) is 0.0882. The van der Waals surface area contributed by atoms with E-state index in [0.717, 1.165) is 22.9 Å². The number of nitriles is 1. The van der Waals surface area contributed by atoms with E-state index in [0.29, 0.717) is 29.3 Å². The Morgan fingerprint density at radius 3 is 2.38 bits per heavy atom. The predicted octanol–water partition coefficient (Wildman–Crippen LogP) is 5.40. The van der Waals surface area contributed by atoms with Gasteiger partial charge in [0.05, 0.1) is 34.2 Å². The number of aromatic nitrogens is 6. The van der Waals surface area contributed by atoms with Gasteiger partial charge in [-0.1, -0.05) is 30.3 Å². The van der Waals surface area contributed by atoms with Crippen molar-refractivity contribution in [3.8, 4) is 28.5 Å². The SMILES string of the molecule is Cn1cc(-c2ccc(N(C(=O)NCc3ccccc3)c3ccc(Nc4ncc(C#N)c(-c5cncc(S(C)(=O)=O)c5)n4)cc3)nc2)cn1. The summed E-state index contributed by atoms with van der Waals surface area (Å²) in [6.07, 6.45) is 10.4. The molecule has 0 unspecified atom stereocenters. The van der Waals surface area contributed by atoms with E-state index in [1.807, 2.05) is 55.7 Å². The average Bonchev–Trinajstić information content (AvgIpc) is 3.54. The quantitative estimate of drug-likeness (QED) is 0.205. The fourth-order valence-electron chi connectivity index (χ4n) is 4.78. The molecule has 4 heterocycles. The Labute approximate surface area is 276 Å². The van der Waals surface area contributed by atoms with Crippen LogP contribution >= 0.6 is 0 Å². The van der Waals surface area contributed by atoms with Gasteiger partial charge in [-0.25, -0.2) is 33.1 Å². The summed E-state index contributed by atoms with van der Waals surface area (Å²) in [7, 11) is -1.69. The summed E-state index contributed by atoms with van der Waals surface area (Å²) < 4.78 is 25.9. The molecule has 4 aromatic heterocycles. The molecule has 0 spiro atoms. The van der Waals surface area contributed by atoms with Gasteiger partial charge in [-0.05, 0) is 48.0 Å². The van der Waals surface area contributed by atoms with Gasteiger partial charge in [0.15, 0.2) is 9.84 Å². The highest BCUT2D eigenvalue weighted by Gasteiger charge is 2.20. The largest absolute Gasteiger partial charge is 0.333 e. The van der Waals surface area contributed by atoms with Gasteiger partial charge in [-0.2, -0.15) is 10.4 Å². The first-order chi connectivity index (χ1) is 23.2. The lowest BCUT2D eigenvalue weighted by molar-refractivity contribution is 0.248. The first-order valence-corrected chi connectivity index (χ1v) is 16.4. The standard InChI is InChI=1S/C34H28N10O3S/c1-43-22-27(20-40-43)24-8-13-31(37-18-24)44(34(45)39-16-23-6-4-3-5-7-23)29-11-9-28(10-12-29)41-33-38-19-26(15-35)32(42-33)25-14-30(21-36-17-25)48(2,46)47/h3-14,17-22H,16H2,1-2H3,(H,39,45)(H,38,41,42). The van der Waals surface area contributed by atoms with Crippen molar-refractivity contribution in [3.63, 3.8) is 0 Å². The molecular formula is C34H28N10O3S. The van der Waals surface area contributed by atoms with Crippen LogP contribution in [0.1, 0.15) is 11.1 Å². The van der Waals surface area contributed by atoms with Crippen LogP contribution in [-0.2, 0) is 23.4 Å². The number of aryl methyl sites for hydroxylation is 1. The Balaban J connectivity index is 1.27. The van der Waals surface area contributed by atoms with E-state index in [1.165, 1.54) is 29.6 Å². The maximum Gasteiger partial charge on any atom is 0.327 e. The number of nitrogens with zero attached hydrogens (tertiary/aromatic N) is 8. The molecule has 48 heavy (non-hydrogen) atoms. The van der Waals surface area contributed by atoms with Crippen molar-refractivity contribution in [1.82, 2.24) is 35.0 Å². The van der Waals surface area contributed by atoms with Gasteiger partial charge >= 0.3 is 6.03 Å². The summed E-state index contributed by atoms with van der Waals surface area (Å²) in [6, 6.07) is 23.4. The highest BCUT2D eigenvalue weighted by molar-refractivity contribution is 7.90. The number of amides is 2. The molecule has 0 aliphatic carbocycles. The zero-order chi connectivity index (χ0) is 33.7. The first-order valence-electron chi connectivity index (χ1n) is 14.5. The van der Waals surface area contributed by atoms with Gasteiger partial charge in [0.2, 0.25) is 5.95 Å². The Kier molecular flexibility index (Phi) is 8.86. The van der Waals surface area contributed by atoms with Crippen LogP contribution in [0.2, 0.25) is 0 Å². The maximum absolute atomic E-state index is 13.6. The zero-order valence-corrected chi connectivity index (χ0v) is 26.6. The van der Waals surface area contributed by atoms with Crippen LogP contribution in [0.3, 0.4) is 0 Å². The molecule has 0 aliphatic rings. The lowest BCUT2D eigenvalue weighted by Crippen LogP contribution is -2.37. The average molecular weight is 657 g/mol. The van der Waals surface area contributed by atoms with E-state index in [1.54, 1.807) is 47.4 Å². The summed E-state index contributed by atoms with van der Waals surface area (Å²) in [5, 5.41) is 20.0. The topological polar surface area (TPSA) is 172 Å². The van der Waals surface area contributed by atoms with E-state index in [2.05, 4.69) is 35.7 Å². The van der Waals surface area contributed by atoms with Crippen LogP contribution in [0.25, 0.3) is 22.4 Å². The maximum atomic E-state index is 13.6. The molecule has 0 aliphatic heterocycles. The number of pyridine rings is 2. The highest BCUT2D eigenvalue weighted by atomic mass is 32.2. The fourth-order valence-corrected chi connectivity index (χ4v) is 5.38.